The summed E-state index contributed by atoms with van der Waals surface area (Å²) in [5.74, 6) is 1.63. The van der Waals surface area contributed by atoms with Gasteiger partial charge in [0.2, 0.25) is 11.6 Å². The predicted molar refractivity (Wildman–Crippen MR) is 84.9 cm³/mol. The molecule has 0 unspecified atom stereocenters. The smallest absolute Gasteiger partial charge is 0.225 e. The molecule has 0 atom stereocenters. The third kappa shape index (κ3) is 2.37. The summed E-state index contributed by atoms with van der Waals surface area (Å²) in [6, 6.07) is 0. The van der Waals surface area contributed by atoms with Crippen molar-refractivity contribution in [1.29, 1.82) is 0 Å². The van der Waals surface area contributed by atoms with Crippen molar-refractivity contribution in [3.8, 4) is 0 Å². The van der Waals surface area contributed by atoms with Gasteiger partial charge in [-0.1, -0.05) is 0 Å². The summed E-state index contributed by atoms with van der Waals surface area (Å²) in [5.41, 5.74) is 0.788. The number of hydrogen-bond acceptors (Lipinski definition) is 7. The molecule has 0 saturated carbocycles. The van der Waals surface area contributed by atoms with Gasteiger partial charge in [0.15, 0.2) is 5.82 Å². The summed E-state index contributed by atoms with van der Waals surface area (Å²) >= 11 is 3.35. The zero-order chi connectivity index (χ0) is 14.9. The summed E-state index contributed by atoms with van der Waals surface area (Å²) in [6.07, 6.45) is 8.85. The van der Waals surface area contributed by atoms with Crippen molar-refractivity contribution in [3.63, 3.8) is 0 Å². The molecule has 112 valence electrons. The summed E-state index contributed by atoms with van der Waals surface area (Å²) < 4.78 is 2.77. The monoisotopic (exact) mass is 360 g/mol. The van der Waals surface area contributed by atoms with E-state index in [0.717, 1.165) is 48.1 Å². The molecule has 1 aliphatic heterocycles. The van der Waals surface area contributed by atoms with Gasteiger partial charge in [0, 0.05) is 51.0 Å². The number of hydrogen-bond donors (Lipinski definition) is 0. The first-order valence-electron chi connectivity index (χ1n) is 6.93. The highest BCUT2D eigenvalue weighted by atomic mass is 79.9. The molecule has 4 rings (SSSR count). The number of halogens is 1. The fourth-order valence-corrected chi connectivity index (χ4v) is 2.76. The van der Waals surface area contributed by atoms with Gasteiger partial charge in [0.1, 0.15) is 6.33 Å². The van der Waals surface area contributed by atoms with Crippen LogP contribution in [0.15, 0.2) is 35.6 Å². The van der Waals surface area contributed by atoms with E-state index < -0.39 is 0 Å². The maximum Gasteiger partial charge on any atom is 0.225 e. The van der Waals surface area contributed by atoms with Crippen molar-refractivity contribution < 1.29 is 0 Å². The Morgan fingerprint density at radius 2 is 1.68 bits per heavy atom. The van der Waals surface area contributed by atoms with Gasteiger partial charge in [-0.15, -0.1) is 10.2 Å². The minimum atomic E-state index is 0.761. The van der Waals surface area contributed by atoms with Crippen LogP contribution < -0.4 is 9.80 Å². The van der Waals surface area contributed by atoms with Crippen LogP contribution >= 0.6 is 15.9 Å². The first-order valence-corrected chi connectivity index (χ1v) is 7.72. The van der Waals surface area contributed by atoms with E-state index in [-0.39, 0.29) is 0 Å². The van der Waals surface area contributed by atoms with Crippen molar-refractivity contribution in [2.75, 3.05) is 36.0 Å². The predicted octanol–water partition coefficient (Wildman–Crippen LogP) is 1.00. The molecule has 22 heavy (non-hydrogen) atoms. The molecule has 3 aromatic heterocycles. The van der Waals surface area contributed by atoms with Gasteiger partial charge in [-0.05, 0) is 15.9 Å². The van der Waals surface area contributed by atoms with Crippen LogP contribution in [0.4, 0.5) is 11.8 Å². The highest BCUT2D eigenvalue weighted by molar-refractivity contribution is 9.10. The van der Waals surface area contributed by atoms with Crippen LogP contribution in [0, 0.1) is 0 Å². The fourth-order valence-electron chi connectivity index (χ4n) is 2.56. The Balaban J connectivity index is 1.52. The van der Waals surface area contributed by atoms with Crippen molar-refractivity contribution in [3.05, 3.63) is 35.6 Å². The fraction of sp³-hybridized carbons (Fsp3) is 0.308. The van der Waals surface area contributed by atoms with E-state index in [0.29, 0.717) is 0 Å². The topological polar surface area (TPSA) is 75.3 Å². The molecule has 0 N–H and O–H groups in total. The Morgan fingerprint density at radius 1 is 0.955 bits per heavy atom. The molecule has 0 spiro atoms. The lowest BCUT2D eigenvalue weighted by atomic mass is 10.3. The van der Waals surface area contributed by atoms with Gasteiger partial charge in [0.25, 0.3) is 0 Å². The zero-order valence-electron chi connectivity index (χ0n) is 11.7. The number of rotatable bonds is 2. The van der Waals surface area contributed by atoms with E-state index in [1.165, 1.54) is 0 Å². The van der Waals surface area contributed by atoms with Crippen LogP contribution in [-0.2, 0) is 0 Å². The van der Waals surface area contributed by atoms with Crippen LogP contribution in [0.25, 0.3) is 5.65 Å². The second kappa shape index (κ2) is 5.48. The van der Waals surface area contributed by atoms with E-state index in [1.807, 2.05) is 10.6 Å². The highest BCUT2D eigenvalue weighted by Gasteiger charge is 2.22. The van der Waals surface area contributed by atoms with Crippen LogP contribution in [0.1, 0.15) is 0 Å². The molecule has 0 aromatic carbocycles. The number of nitrogens with zero attached hydrogens (tertiary/aromatic N) is 8. The summed E-state index contributed by atoms with van der Waals surface area (Å²) in [6.45, 7) is 3.38. The number of piperazine rings is 1. The van der Waals surface area contributed by atoms with Gasteiger partial charge in [0.05, 0.1) is 4.47 Å². The molecular formula is C13H13BrN8. The molecule has 1 fully saturated rings. The first-order chi connectivity index (χ1) is 10.8. The number of aromatic nitrogens is 6. The molecule has 9 heteroatoms. The largest absolute Gasteiger partial charge is 0.350 e. The van der Waals surface area contributed by atoms with E-state index in [1.54, 1.807) is 24.9 Å². The molecule has 4 heterocycles. The van der Waals surface area contributed by atoms with Crippen molar-refractivity contribution in [2.24, 2.45) is 0 Å². The molecule has 0 bridgehead atoms. The maximum absolute atomic E-state index is 4.46. The molecule has 8 nitrogen and oxygen atoms in total. The lowest BCUT2D eigenvalue weighted by Gasteiger charge is -2.35. The van der Waals surface area contributed by atoms with Gasteiger partial charge >= 0.3 is 0 Å². The lowest BCUT2D eigenvalue weighted by Crippen LogP contribution is -2.47. The third-order valence-corrected chi connectivity index (χ3v) is 4.08. The summed E-state index contributed by atoms with van der Waals surface area (Å²) in [4.78, 5) is 17.6. The second-order valence-corrected chi connectivity index (χ2v) is 5.90. The van der Waals surface area contributed by atoms with Crippen molar-refractivity contribution in [1.82, 2.24) is 29.5 Å². The van der Waals surface area contributed by atoms with E-state index in [2.05, 4.69) is 50.9 Å². The first kappa shape index (κ1) is 13.4. The lowest BCUT2D eigenvalue weighted by molar-refractivity contribution is 0.634. The Kier molecular flexibility index (Phi) is 3.34. The minimum absolute atomic E-state index is 0.761. The van der Waals surface area contributed by atoms with E-state index in [9.17, 15) is 0 Å². The molecular weight excluding hydrogens is 348 g/mol. The van der Waals surface area contributed by atoms with Crippen molar-refractivity contribution >= 4 is 33.3 Å². The molecule has 0 amide bonds. The van der Waals surface area contributed by atoms with Crippen LogP contribution in [0.2, 0.25) is 0 Å². The Hall–Kier alpha value is -2.29. The third-order valence-electron chi connectivity index (χ3n) is 3.67. The molecule has 0 aliphatic carbocycles. The standard InChI is InChI=1S/C13H13BrN8/c14-10-7-16-13(17-8-10)21-5-3-20(4-6-21)11-12-19-18-9-22(12)2-1-15-11/h1-2,7-9H,3-6H2. The SMILES string of the molecule is Brc1cnc(N2CCN(c3nccn4cnnc34)CC2)nc1. The quantitative estimate of drug-likeness (QED) is 0.674. The average Bonchev–Trinajstić information content (AvgIpc) is 3.04. The van der Waals surface area contributed by atoms with E-state index in [4.69, 9.17) is 0 Å². The Morgan fingerprint density at radius 3 is 2.45 bits per heavy atom. The van der Waals surface area contributed by atoms with Gasteiger partial charge in [-0.3, -0.25) is 4.40 Å². The van der Waals surface area contributed by atoms with Crippen molar-refractivity contribution in [2.45, 2.75) is 0 Å². The minimum Gasteiger partial charge on any atom is -0.350 e. The molecule has 1 aliphatic rings. The van der Waals surface area contributed by atoms with Gasteiger partial charge in [-0.2, -0.15) is 0 Å². The van der Waals surface area contributed by atoms with E-state index >= 15 is 0 Å². The molecule has 3 aromatic rings. The Labute approximate surface area is 135 Å². The number of anilines is 2. The highest BCUT2D eigenvalue weighted by Crippen LogP contribution is 2.19. The normalized spacial score (nSPS) is 15.5. The van der Waals surface area contributed by atoms with Crippen LogP contribution in [0.3, 0.4) is 0 Å². The average molecular weight is 361 g/mol. The number of fused-ring (bicyclic) bond motifs is 1. The Bertz CT molecular complexity index is 778. The second-order valence-electron chi connectivity index (χ2n) is 4.99. The van der Waals surface area contributed by atoms with Crippen LogP contribution in [0.5, 0.6) is 0 Å². The maximum atomic E-state index is 4.46. The summed E-state index contributed by atoms with van der Waals surface area (Å²) in [7, 11) is 0. The zero-order valence-corrected chi connectivity index (χ0v) is 13.3. The molecule has 1 saturated heterocycles. The summed E-state index contributed by atoms with van der Waals surface area (Å²) in [5, 5.41) is 8.09. The van der Waals surface area contributed by atoms with Gasteiger partial charge in [-0.25, -0.2) is 15.0 Å². The molecule has 0 radical (unpaired) electrons. The van der Waals surface area contributed by atoms with Crippen LogP contribution in [-0.4, -0.2) is 55.7 Å². The van der Waals surface area contributed by atoms with Gasteiger partial charge < -0.3 is 9.80 Å².